The average molecular weight is 337 g/mol. The van der Waals surface area contributed by atoms with Crippen LogP contribution in [0.25, 0.3) is 11.5 Å². The Morgan fingerprint density at radius 1 is 1.39 bits per heavy atom. The lowest BCUT2D eigenvalue weighted by Gasteiger charge is -2.19. The van der Waals surface area contributed by atoms with Crippen molar-refractivity contribution in [2.24, 2.45) is 0 Å². The molecule has 23 heavy (non-hydrogen) atoms. The first-order chi connectivity index (χ1) is 10.8. The molecule has 0 bridgehead atoms. The average Bonchev–Trinajstić information content (AvgIpc) is 2.99. The zero-order valence-electron chi connectivity index (χ0n) is 13.6. The van der Waals surface area contributed by atoms with E-state index in [2.05, 4.69) is 15.5 Å². The molecule has 0 spiro atoms. The number of amides is 1. The van der Waals surface area contributed by atoms with Gasteiger partial charge in [-0.1, -0.05) is 5.16 Å². The van der Waals surface area contributed by atoms with Crippen LogP contribution >= 0.6 is 11.3 Å². The zero-order chi connectivity index (χ0) is 16.6. The molecule has 0 saturated heterocycles. The molecule has 8 heteroatoms. The zero-order valence-corrected chi connectivity index (χ0v) is 14.4. The Labute approximate surface area is 138 Å². The number of nitrogens with zero attached hydrogens (tertiary/aromatic N) is 2. The van der Waals surface area contributed by atoms with Crippen LogP contribution in [0.3, 0.4) is 0 Å². The molecule has 2 aromatic rings. The van der Waals surface area contributed by atoms with Crippen LogP contribution in [0.1, 0.15) is 37.0 Å². The minimum absolute atomic E-state index is 0.410. The summed E-state index contributed by atoms with van der Waals surface area (Å²) in [6.45, 7) is 8.38. The summed E-state index contributed by atoms with van der Waals surface area (Å²) in [5.41, 5.74) is 1.31. The summed E-state index contributed by atoms with van der Waals surface area (Å²) in [4.78, 5) is 17.5. The lowest BCUT2D eigenvalue weighted by Crippen LogP contribution is -2.27. The molecular weight excluding hydrogens is 318 g/mol. The second-order valence-corrected chi connectivity index (χ2v) is 7.39. The van der Waals surface area contributed by atoms with Gasteiger partial charge in [-0.25, -0.2) is 4.79 Å². The van der Waals surface area contributed by atoms with Gasteiger partial charge in [0.2, 0.25) is 0 Å². The van der Waals surface area contributed by atoms with Gasteiger partial charge in [-0.15, -0.1) is 11.3 Å². The van der Waals surface area contributed by atoms with Gasteiger partial charge in [-0.05, 0) is 39.7 Å². The molecule has 0 fully saturated rings. The molecule has 0 unspecified atom stereocenters. The van der Waals surface area contributed by atoms with Gasteiger partial charge in [0.05, 0.1) is 18.8 Å². The first kappa shape index (κ1) is 15.9. The molecule has 1 aliphatic heterocycles. The van der Waals surface area contributed by atoms with Crippen LogP contribution in [0.2, 0.25) is 0 Å². The monoisotopic (exact) mass is 337 g/mol. The maximum Gasteiger partial charge on any atom is 0.412 e. The number of fused-ring (bicyclic) bond motifs is 1. The maximum absolute atomic E-state index is 12.1. The standard InChI is InChI=1S/C15H19N3O4S/c1-8-16-12(22-18-8)11-9-5-6-20-7-10(9)23-13(11)17-14(19)21-15(2,3)4/h5-7H2,1-4H3,(H,17,19). The summed E-state index contributed by atoms with van der Waals surface area (Å²) in [7, 11) is 0. The highest BCUT2D eigenvalue weighted by atomic mass is 32.1. The molecule has 1 aliphatic rings. The van der Waals surface area contributed by atoms with Crippen LogP contribution in [0.4, 0.5) is 9.80 Å². The summed E-state index contributed by atoms with van der Waals surface area (Å²) >= 11 is 1.46. The van der Waals surface area contributed by atoms with Crippen molar-refractivity contribution in [1.29, 1.82) is 0 Å². The third-order valence-electron chi connectivity index (χ3n) is 3.18. The van der Waals surface area contributed by atoms with Crippen LogP contribution in [-0.4, -0.2) is 28.4 Å². The molecule has 1 amide bonds. The second-order valence-electron chi connectivity index (χ2n) is 6.28. The van der Waals surface area contributed by atoms with E-state index in [9.17, 15) is 4.79 Å². The second kappa shape index (κ2) is 5.93. The largest absolute Gasteiger partial charge is 0.444 e. The van der Waals surface area contributed by atoms with Crippen molar-refractivity contribution in [2.75, 3.05) is 11.9 Å². The van der Waals surface area contributed by atoms with E-state index in [4.69, 9.17) is 14.0 Å². The Hall–Kier alpha value is -1.93. The van der Waals surface area contributed by atoms with Gasteiger partial charge in [-0.2, -0.15) is 4.98 Å². The van der Waals surface area contributed by atoms with E-state index >= 15 is 0 Å². The normalized spacial score (nSPS) is 14.4. The molecule has 0 radical (unpaired) electrons. The number of hydrogen-bond acceptors (Lipinski definition) is 7. The summed E-state index contributed by atoms with van der Waals surface area (Å²) in [5.74, 6) is 0.961. The lowest BCUT2D eigenvalue weighted by atomic mass is 10.1. The van der Waals surface area contributed by atoms with Gasteiger partial charge in [0.25, 0.3) is 5.89 Å². The first-order valence-electron chi connectivity index (χ1n) is 7.36. The minimum atomic E-state index is -0.564. The Kier molecular flexibility index (Phi) is 4.11. The van der Waals surface area contributed by atoms with Crippen molar-refractivity contribution in [2.45, 2.75) is 46.3 Å². The number of thiophene rings is 1. The third kappa shape index (κ3) is 3.53. The number of nitrogens with one attached hydrogen (secondary N) is 1. The number of hydrogen-bond donors (Lipinski definition) is 1. The molecule has 124 valence electrons. The molecule has 0 saturated carbocycles. The van der Waals surface area contributed by atoms with Crippen LogP contribution in [0.5, 0.6) is 0 Å². The Bertz CT molecular complexity index is 730. The van der Waals surface area contributed by atoms with Gasteiger partial charge < -0.3 is 14.0 Å². The maximum atomic E-state index is 12.1. The Morgan fingerprint density at radius 2 is 2.17 bits per heavy atom. The van der Waals surface area contributed by atoms with Crippen LogP contribution in [-0.2, 0) is 22.5 Å². The number of anilines is 1. The van der Waals surface area contributed by atoms with Crippen molar-refractivity contribution in [1.82, 2.24) is 10.1 Å². The molecule has 0 aromatic carbocycles. The van der Waals surface area contributed by atoms with Gasteiger partial charge in [-0.3, -0.25) is 5.32 Å². The quantitative estimate of drug-likeness (QED) is 0.902. The van der Waals surface area contributed by atoms with Gasteiger partial charge in [0, 0.05) is 4.88 Å². The topological polar surface area (TPSA) is 86.5 Å². The minimum Gasteiger partial charge on any atom is -0.444 e. The molecule has 7 nitrogen and oxygen atoms in total. The number of ether oxygens (including phenoxy) is 2. The van der Waals surface area contributed by atoms with Crippen molar-refractivity contribution >= 4 is 22.4 Å². The first-order valence-corrected chi connectivity index (χ1v) is 8.18. The summed E-state index contributed by atoms with van der Waals surface area (Å²) < 4.78 is 16.1. The van der Waals surface area contributed by atoms with E-state index in [1.54, 1.807) is 6.92 Å². The van der Waals surface area contributed by atoms with Gasteiger partial charge in [0.1, 0.15) is 10.6 Å². The third-order valence-corrected chi connectivity index (χ3v) is 4.30. The van der Waals surface area contributed by atoms with E-state index in [0.717, 1.165) is 22.4 Å². The van der Waals surface area contributed by atoms with Crippen molar-refractivity contribution in [3.05, 3.63) is 16.3 Å². The molecule has 3 heterocycles. The highest BCUT2D eigenvalue weighted by Crippen LogP contribution is 2.42. The van der Waals surface area contributed by atoms with Crippen LogP contribution in [0.15, 0.2) is 4.52 Å². The number of aryl methyl sites for hydroxylation is 1. The molecular formula is C15H19N3O4S. The predicted molar refractivity (Wildman–Crippen MR) is 85.6 cm³/mol. The summed E-state index contributed by atoms with van der Waals surface area (Å²) in [6, 6.07) is 0. The van der Waals surface area contributed by atoms with E-state index in [1.165, 1.54) is 11.3 Å². The highest BCUT2D eigenvalue weighted by Gasteiger charge is 2.27. The van der Waals surface area contributed by atoms with Gasteiger partial charge in [0.15, 0.2) is 5.82 Å². The number of aromatic nitrogens is 2. The van der Waals surface area contributed by atoms with E-state index in [0.29, 0.717) is 29.9 Å². The number of rotatable bonds is 2. The van der Waals surface area contributed by atoms with Crippen LogP contribution < -0.4 is 5.32 Å². The van der Waals surface area contributed by atoms with Gasteiger partial charge >= 0.3 is 6.09 Å². The highest BCUT2D eigenvalue weighted by molar-refractivity contribution is 7.17. The Balaban J connectivity index is 1.96. The molecule has 0 aliphatic carbocycles. The number of carbonyl (C=O) groups excluding carboxylic acids is 1. The SMILES string of the molecule is Cc1noc(-c2c(NC(=O)OC(C)(C)C)sc3c2CCOC3)n1. The smallest absolute Gasteiger partial charge is 0.412 e. The fourth-order valence-electron chi connectivity index (χ4n) is 2.34. The molecule has 0 atom stereocenters. The summed E-state index contributed by atoms with van der Waals surface area (Å²) in [5, 5.41) is 7.30. The summed E-state index contributed by atoms with van der Waals surface area (Å²) in [6.07, 6.45) is 0.244. The van der Waals surface area contributed by atoms with E-state index in [-0.39, 0.29) is 0 Å². The van der Waals surface area contributed by atoms with Crippen molar-refractivity contribution < 1.29 is 18.8 Å². The van der Waals surface area contributed by atoms with E-state index < -0.39 is 11.7 Å². The predicted octanol–water partition coefficient (Wildman–Crippen LogP) is 3.53. The molecule has 1 N–H and O–H groups in total. The number of carbonyl (C=O) groups is 1. The molecule has 2 aromatic heterocycles. The Morgan fingerprint density at radius 3 is 2.83 bits per heavy atom. The molecule has 3 rings (SSSR count). The lowest BCUT2D eigenvalue weighted by molar-refractivity contribution is 0.0636. The van der Waals surface area contributed by atoms with Crippen LogP contribution in [0, 0.1) is 6.92 Å². The van der Waals surface area contributed by atoms with Crippen molar-refractivity contribution in [3.63, 3.8) is 0 Å². The fraction of sp³-hybridized carbons (Fsp3) is 0.533. The fourth-order valence-corrected chi connectivity index (χ4v) is 3.50. The van der Waals surface area contributed by atoms with Crippen molar-refractivity contribution in [3.8, 4) is 11.5 Å². The van der Waals surface area contributed by atoms with E-state index in [1.807, 2.05) is 20.8 Å².